The Labute approximate surface area is 120 Å². The monoisotopic (exact) mass is 279 g/mol. The maximum Gasteiger partial charge on any atom is 0.312 e. The third-order valence-corrected chi connectivity index (χ3v) is 3.59. The molecule has 4 heteroatoms. The Bertz CT molecular complexity index is 481. The zero-order valence-electron chi connectivity index (χ0n) is 12.9. The highest BCUT2D eigenvalue weighted by atomic mass is 16.5. The van der Waals surface area contributed by atoms with Gasteiger partial charge in [0.05, 0.1) is 13.0 Å². The van der Waals surface area contributed by atoms with Gasteiger partial charge >= 0.3 is 5.97 Å². The van der Waals surface area contributed by atoms with Crippen molar-refractivity contribution in [1.29, 1.82) is 0 Å². The summed E-state index contributed by atoms with van der Waals surface area (Å²) in [5.74, 6) is -0.496. The van der Waals surface area contributed by atoms with E-state index in [4.69, 9.17) is 10.5 Å². The molecule has 20 heavy (non-hydrogen) atoms. The number of benzene rings is 1. The molecule has 0 bridgehead atoms. The Balaban J connectivity index is 3.63. The van der Waals surface area contributed by atoms with Crippen LogP contribution in [0.2, 0.25) is 0 Å². The minimum atomic E-state index is -0.909. The van der Waals surface area contributed by atoms with Crippen molar-refractivity contribution in [3.8, 4) is 5.75 Å². The van der Waals surface area contributed by atoms with Crippen molar-refractivity contribution in [1.82, 2.24) is 0 Å². The molecule has 3 N–H and O–H groups in total. The molecule has 0 saturated heterocycles. The molecule has 0 radical (unpaired) electrons. The van der Waals surface area contributed by atoms with Crippen molar-refractivity contribution in [2.45, 2.75) is 45.4 Å². The van der Waals surface area contributed by atoms with Gasteiger partial charge in [-0.15, -0.1) is 0 Å². The van der Waals surface area contributed by atoms with Crippen LogP contribution in [-0.4, -0.2) is 24.7 Å². The van der Waals surface area contributed by atoms with E-state index in [0.29, 0.717) is 5.75 Å². The van der Waals surface area contributed by atoms with E-state index in [-0.39, 0.29) is 18.4 Å². The lowest BCUT2D eigenvalue weighted by atomic mass is 9.84. The van der Waals surface area contributed by atoms with E-state index in [1.54, 1.807) is 7.11 Å². The quantitative estimate of drug-likeness (QED) is 0.839. The first-order valence-corrected chi connectivity index (χ1v) is 6.98. The maximum atomic E-state index is 11.5. The van der Waals surface area contributed by atoms with Crippen LogP contribution >= 0.6 is 0 Å². The zero-order chi connectivity index (χ0) is 15.4. The van der Waals surface area contributed by atoms with Gasteiger partial charge in [-0.25, -0.2) is 0 Å². The second-order valence-electron chi connectivity index (χ2n) is 5.63. The minimum absolute atomic E-state index is 0.0625. The number of hydrogen-bond acceptors (Lipinski definition) is 3. The summed E-state index contributed by atoms with van der Waals surface area (Å²) in [7, 11) is 1.59. The Morgan fingerprint density at radius 3 is 2.05 bits per heavy atom. The molecule has 0 fully saturated rings. The molecule has 1 rings (SSSR count). The largest absolute Gasteiger partial charge is 0.496 e. The van der Waals surface area contributed by atoms with Crippen molar-refractivity contribution < 1.29 is 14.6 Å². The van der Waals surface area contributed by atoms with Gasteiger partial charge in [-0.3, -0.25) is 4.79 Å². The highest BCUT2D eigenvalue weighted by Gasteiger charge is 2.28. The number of ether oxygens (including phenoxy) is 1. The molecule has 4 nitrogen and oxygen atoms in total. The smallest absolute Gasteiger partial charge is 0.312 e. The Kier molecular flexibility index (Phi) is 5.57. The third-order valence-electron chi connectivity index (χ3n) is 3.59. The molecule has 1 unspecified atom stereocenters. The van der Waals surface area contributed by atoms with Crippen molar-refractivity contribution >= 4 is 5.97 Å². The maximum absolute atomic E-state index is 11.5. The fourth-order valence-corrected chi connectivity index (χ4v) is 2.52. The van der Waals surface area contributed by atoms with E-state index >= 15 is 0 Å². The topological polar surface area (TPSA) is 72.5 Å². The fraction of sp³-hybridized carbons (Fsp3) is 0.562. The average Bonchev–Trinajstić information content (AvgIpc) is 2.37. The summed E-state index contributed by atoms with van der Waals surface area (Å²) < 4.78 is 5.54. The lowest BCUT2D eigenvalue weighted by molar-refractivity contribution is -0.138. The van der Waals surface area contributed by atoms with Crippen LogP contribution in [0, 0.1) is 0 Å². The van der Waals surface area contributed by atoms with E-state index in [1.807, 2.05) is 26.0 Å². The highest BCUT2D eigenvalue weighted by Crippen LogP contribution is 2.39. The van der Waals surface area contributed by atoms with Gasteiger partial charge < -0.3 is 15.6 Å². The van der Waals surface area contributed by atoms with Gasteiger partial charge in [0.25, 0.3) is 0 Å². The molecule has 0 aliphatic rings. The van der Waals surface area contributed by atoms with Crippen molar-refractivity contribution in [3.63, 3.8) is 0 Å². The van der Waals surface area contributed by atoms with Gasteiger partial charge in [0.2, 0.25) is 0 Å². The average molecular weight is 279 g/mol. The summed E-state index contributed by atoms with van der Waals surface area (Å²) in [5, 5.41) is 9.45. The molecule has 1 aromatic carbocycles. The summed E-state index contributed by atoms with van der Waals surface area (Å²) >= 11 is 0. The number of carboxylic acids is 1. The van der Waals surface area contributed by atoms with Crippen LogP contribution in [0.25, 0.3) is 0 Å². The first-order chi connectivity index (χ1) is 9.34. The van der Waals surface area contributed by atoms with E-state index < -0.39 is 11.9 Å². The molecule has 0 heterocycles. The van der Waals surface area contributed by atoms with Gasteiger partial charge in [-0.2, -0.15) is 0 Å². The third kappa shape index (κ3) is 3.12. The van der Waals surface area contributed by atoms with Crippen LogP contribution in [0.5, 0.6) is 5.75 Å². The van der Waals surface area contributed by atoms with Crippen molar-refractivity contribution in [2.24, 2.45) is 5.73 Å². The molecule has 0 saturated carbocycles. The normalized spacial score (nSPS) is 12.8. The van der Waals surface area contributed by atoms with Crippen LogP contribution in [0.3, 0.4) is 0 Å². The second kappa shape index (κ2) is 6.75. The van der Waals surface area contributed by atoms with E-state index in [0.717, 1.165) is 16.7 Å². The van der Waals surface area contributed by atoms with Gasteiger partial charge in [0, 0.05) is 12.1 Å². The number of carbonyl (C=O) groups is 1. The zero-order valence-corrected chi connectivity index (χ0v) is 12.9. The SMILES string of the molecule is COc1c(C(C)C)ccc(C(C)C)c1C(CN)C(=O)O. The standard InChI is InChI=1S/C16H25NO3/c1-9(2)11-6-7-12(10(3)4)15(20-5)14(11)13(8-17)16(18)19/h6-7,9-10,13H,8,17H2,1-5H3,(H,18,19). The summed E-state index contributed by atoms with van der Waals surface area (Å²) in [6.45, 7) is 8.28. The summed E-state index contributed by atoms with van der Waals surface area (Å²) in [6, 6.07) is 4.03. The van der Waals surface area contributed by atoms with E-state index in [1.165, 1.54) is 0 Å². The number of aliphatic carboxylic acids is 1. The second-order valence-corrected chi connectivity index (χ2v) is 5.63. The minimum Gasteiger partial charge on any atom is -0.496 e. The lowest BCUT2D eigenvalue weighted by Crippen LogP contribution is -2.24. The Morgan fingerprint density at radius 2 is 1.70 bits per heavy atom. The predicted octanol–water partition coefficient (Wildman–Crippen LogP) is 3.07. The summed E-state index contributed by atoms with van der Waals surface area (Å²) in [5.41, 5.74) is 8.42. The number of methoxy groups -OCH3 is 1. The molecule has 1 aromatic rings. The molecule has 0 spiro atoms. The van der Waals surface area contributed by atoms with Crippen LogP contribution in [0.4, 0.5) is 0 Å². The first-order valence-electron chi connectivity index (χ1n) is 6.98. The predicted molar refractivity (Wildman–Crippen MR) is 80.6 cm³/mol. The molecule has 0 aromatic heterocycles. The Hall–Kier alpha value is -1.55. The summed E-state index contributed by atoms with van der Waals surface area (Å²) in [4.78, 5) is 11.5. The molecule has 112 valence electrons. The fourth-order valence-electron chi connectivity index (χ4n) is 2.52. The molecule has 0 aliphatic carbocycles. The number of carboxylic acid groups (broad SMARTS) is 1. The molecule has 0 aliphatic heterocycles. The van der Waals surface area contributed by atoms with E-state index in [9.17, 15) is 9.90 Å². The van der Waals surface area contributed by atoms with E-state index in [2.05, 4.69) is 13.8 Å². The van der Waals surface area contributed by atoms with Crippen LogP contribution in [0.15, 0.2) is 12.1 Å². The lowest BCUT2D eigenvalue weighted by Gasteiger charge is -2.24. The molecule has 1 atom stereocenters. The van der Waals surface area contributed by atoms with Crippen molar-refractivity contribution in [2.75, 3.05) is 13.7 Å². The molecular formula is C16H25NO3. The number of hydrogen-bond donors (Lipinski definition) is 2. The van der Waals surface area contributed by atoms with Gasteiger partial charge in [-0.05, 0) is 23.0 Å². The van der Waals surface area contributed by atoms with Crippen LogP contribution in [-0.2, 0) is 4.79 Å². The van der Waals surface area contributed by atoms with Crippen LogP contribution < -0.4 is 10.5 Å². The molecular weight excluding hydrogens is 254 g/mol. The molecule has 0 amide bonds. The van der Waals surface area contributed by atoms with Gasteiger partial charge in [-0.1, -0.05) is 39.8 Å². The Morgan fingerprint density at radius 1 is 1.20 bits per heavy atom. The van der Waals surface area contributed by atoms with Crippen LogP contribution in [0.1, 0.15) is 62.1 Å². The first kappa shape index (κ1) is 16.5. The summed E-state index contributed by atoms with van der Waals surface area (Å²) in [6.07, 6.45) is 0. The number of rotatable bonds is 6. The van der Waals surface area contributed by atoms with Crippen molar-refractivity contribution in [3.05, 3.63) is 28.8 Å². The van der Waals surface area contributed by atoms with Gasteiger partial charge in [0.15, 0.2) is 0 Å². The highest BCUT2D eigenvalue weighted by molar-refractivity contribution is 5.79. The number of nitrogens with two attached hydrogens (primary N) is 1. The van der Waals surface area contributed by atoms with Gasteiger partial charge in [0.1, 0.15) is 5.75 Å².